The Balaban J connectivity index is 1.56. The zero-order chi connectivity index (χ0) is 13.6. The van der Waals surface area contributed by atoms with Gasteiger partial charge in [-0.15, -0.1) is 0 Å². The topological polar surface area (TPSA) is 12.5 Å². The second-order valence-corrected chi connectivity index (χ2v) is 7.56. The van der Waals surface area contributed by atoms with Crippen molar-refractivity contribution >= 4 is 15.9 Å². The van der Waals surface area contributed by atoms with Crippen LogP contribution in [0.4, 0.5) is 0 Å². The van der Waals surface area contributed by atoms with Crippen molar-refractivity contribution < 1.29 is 4.74 Å². The zero-order valence-corrected chi connectivity index (χ0v) is 13.5. The van der Waals surface area contributed by atoms with E-state index >= 15 is 0 Å². The zero-order valence-electron chi connectivity index (χ0n) is 11.9. The van der Waals surface area contributed by atoms with E-state index in [0.29, 0.717) is 5.41 Å². The van der Waals surface area contributed by atoms with Gasteiger partial charge in [0.2, 0.25) is 0 Å². The van der Waals surface area contributed by atoms with Crippen LogP contribution in [0.1, 0.15) is 36.8 Å². The fraction of sp³-hybridized carbons (Fsp3) is 0.647. The molecule has 1 aromatic carbocycles. The van der Waals surface area contributed by atoms with Crippen LogP contribution in [0.25, 0.3) is 0 Å². The van der Waals surface area contributed by atoms with E-state index in [2.05, 4.69) is 39.0 Å². The number of ether oxygens (including phenoxy) is 1. The van der Waals surface area contributed by atoms with Crippen molar-refractivity contribution in [2.24, 2.45) is 0 Å². The van der Waals surface area contributed by atoms with Crippen LogP contribution in [0.2, 0.25) is 0 Å². The number of benzene rings is 1. The summed E-state index contributed by atoms with van der Waals surface area (Å²) in [5.41, 5.74) is 3.66. The summed E-state index contributed by atoms with van der Waals surface area (Å²) >= 11 is 3.61. The molecule has 1 atom stereocenters. The van der Waals surface area contributed by atoms with Crippen LogP contribution in [-0.2, 0) is 16.6 Å². The molecule has 0 amide bonds. The summed E-state index contributed by atoms with van der Waals surface area (Å²) in [6.45, 7) is 4.46. The first-order chi connectivity index (χ1) is 9.77. The molecule has 3 heteroatoms. The lowest BCUT2D eigenvalue weighted by molar-refractivity contribution is 0.0404. The summed E-state index contributed by atoms with van der Waals surface area (Å²) in [6.07, 6.45) is 6.40. The van der Waals surface area contributed by atoms with Gasteiger partial charge in [0, 0.05) is 35.7 Å². The van der Waals surface area contributed by atoms with E-state index in [1.165, 1.54) is 49.7 Å². The van der Waals surface area contributed by atoms with E-state index in [0.717, 1.165) is 19.3 Å². The van der Waals surface area contributed by atoms with E-state index in [9.17, 15) is 0 Å². The molecule has 0 radical (unpaired) electrons. The maximum Gasteiger partial charge on any atom is 0.0480 e. The minimum Gasteiger partial charge on any atom is -0.381 e. The van der Waals surface area contributed by atoms with Gasteiger partial charge in [0.1, 0.15) is 0 Å². The Morgan fingerprint density at radius 2 is 2.05 bits per heavy atom. The lowest BCUT2D eigenvalue weighted by Crippen LogP contribution is -2.39. The molecule has 1 unspecified atom stereocenters. The number of halogens is 1. The third kappa shape index (κ3) is 2.15. The number of fused-ring (bicyclic) bond motifs is 2. The molecule has 108 valence electrons. The molecular formula is C17H22BrNO. The summed E-state index contributed by atoms with van der Waals surface area (Å²) in [4.78, 5) is 2.75. The van der Waals surface area contributed by atoms with Gasteiger partial charge in [0.05, 0.1) is 0 Å². The molecule has 3 aliphatic rings. The summed E-state index contributed by atoms with van der Waals surface area (Å²) in [5, 5.41) is 0. The molecule has 4 rings (SSSR count). The second-order valence-electron chi connectivity index (χ2n) is 6.65. The van der Waals surface area contributed by atoms with Gasteiger partial charge >= 0.3 is 0 Å². The van der Waals surface area contributed by atoms with Gasteiger partial charge < -0.3 is 4.74 Å². The van der Waals surface area contributed by atoms with Crippen LogP contribution in [0, 0.1) is 0 Å². The van der Waals surface area contributed by atoms with Crippen molar-refractivity contribution in [3.8, 4) is 0 Å². The van der Waals surface area contributed by atoms with Gasteiger partial charge in [-0.3, -0.25) is 4.90 Å². The van der Waals surface area contributed by atoms with Crippen LogP contribution in [-0.4, -0.2) is 37.2 Å². The molecule has 0 bridgehead atoms. The molecule has 2 saturated heterocycles. The minimum atomic E-state index is 0.453. The van der Waals surface area contributed by atoms with Crippen LogP contribution in [0.5, 0.6) is 0 Å². The highest BCUT2D eigenvalue weighted by Gasteiger charge is 2.45. The van der Waals surface area contributed by atoms with Crippen molar-refractivity contribution in [3.05, 3.63) is 33.8 Å². The van der Waals surface area contributed by atoms with Gasteiger partial charge in [-0.1, -0.05) is 22.0 Å². The first-order valence-electron chi connectivity index (χ1n) is 7.88. The van der Waals surface area contributed by atoms with E-state index in [-0.39, 0.29) is 0 Å². The predicted molar refractivity (Wildman–Crippen MR) is 84.2 cm³/mol. The molecule has 2 aliphatic heterocycles. The van der Waals surface area contributed by atoms with Gasteiger partial charge in [-0.05, 0) is 61.9 Å². The number of rotatable bonds is 1. The van der Waals surface area contributed by atoms with Crippen molar-refractivity contribution in [1.82, 2.24) is 4.90 Å². The van der Waals surface area contributed by atoms with E-state index in [1.54, 1.807) is 11.1 Å². The molecule has 0 aromatic heterocycles. The number of aryl methyl sites for hydroxylation is 1. The summed E-state index contributed by atoms with van der Waals surface area (Å²) in [7, 11) is 0. The largest absolute Gasteiger partial charge is 0.381 e. The Labute approximate surface area is 129 Å². The van der Waals surface area contributed by atoms with E-state index in [1.807, 2.05) is 0 Å². The third-order valence-corrected chi connectivity index (χ3v) is 6.10. The van der Waals surface area contributed by atoms with Crippen molar-refractivity contribution in [2.75, 3.05) is 26.3 Å². The number of nitrogens with zero attached hydrogens (tertiary/aromatic N) is 1. The van der Waals surface area contributed by atoms with Crippen LogP contribution < -0.4 is 0 Å². The Hall–Kier alpha value is -0.380. The van der Waals surface area contributed by atoms with Gasteiger partial charge in [-0.2, -0.15) is 0 Å². The molecule has 1 aliphatic carbocycles. The highest BCUT2D eigenvalue weighted by Crippen LogP contribution is 2.46. The second kappa shape index (κ2) is 5.11. The molecular weight excluding hydrogens is 314 g/mol. The maximum absolute atomic E-state index is 5.51. The third-order valence-electron chi connectivity index (χ3n) is 5.60. The number of hydrogen-bond donors (Lipinski definition) is 0. The molecule has 2 heterocycles. The smallest absolute Gasteiger partial charge is 0.0480 e. The fourth-order valence-electron chi connectivity index (χ4n) is 4.49. The average Bonchev–Trinajstić information content (AvgIpc) is 3.06. The van der Waals surface area contributed by atoms with E-state index in [4.69, 9.17) is 4.74 Å². The lowest BCUT2D eigenvalue weighted by atomic mass is 9.81. The molecule has 1 aromatic rings. The van der Waals surface area contributed by atoms with Crippen molar-refractivity contribution in [1.29, 1.82) is 0 Å². The quantitative estimate of drug-likeness (QED) is 0.778. The number of hydrogen-bond acceptors (Lipinski definition) is 2. The summed E-state index contributed by atoms with van der Waals surface area (Å²) in [5.74, 6) is 0. The van der Waals surface area contributed by atoms with Crippen LogP contribution in [0.3, 0.4) is 0 Å². The molecule has 20 heavy (non-hydrogen) atoms. The normalized spacial score (nSPS) is 31.1. The van der Waals surface area contributed by atoms with Crippen LogP contribution >= 0.6 is 15.9 Å². The van der Waals surface area contributed by atoms with Crippen molar-refractivity contribution in [3.63, 3.8) is 0 Å². The SMILES string of the molecule is Brc1ccc2c(c1)CCC21CCN(C2CCOCC2)C1. The Kier molecular flexibility index (Phi) is 3.40. The Morgan fingerprint density at radius 3 is 2.90 bits per heavy atom. The van der Waals surface area contributed by atoms with Crippen LogP contribution in [0.15, 0.2) is 22.7 Å². The Bertz CT molecular complexity index is 512. The van der Waals surface area contributed by atoms with E-state index < -0.39 is 0 Å². The minimum absolute atomic E-state index is 0.453. The molecule has 1 spiro atoms. The summed E-state index contributed by atoms with van der Waals surface area (Å²) < 4.78 is 6.74. The standard InChI is InChI=1S/C17H22BrNO/c18-14-1-2-16-13(11-14)3-6-17(16)7-8-19(12-17)15-4-9-20-10-5-15/h1-2,11,15H,3-10,12H2. The lowest BCUT2D eigenvalue weighted by Gasteiger charge is -2.33. The molecule has 2 nitrogen and oxygen atoms in total. The highest BCUT2D eigenvalue weighted by atomic mass is 79.9. The fourth-order valence-corrected chi connectivity index (χ4v) is 4.89. The molecule has 0 N–H and O–H groups in total. The van der Waals surface area contributed by atoms with Gasteiger partial charge in [0.15, 0.2) is 0 Å². The van der Waals surface area contributed by atoms with Gasteiger partial charge in [-0.25, -0.2) is 0 Å². The summed E-state index contributed by atoms with van der Waals surface area (Å²) in [6, 6.07) is 7.70. The molecule has 2 fully saturated rings. The molecule has 0 saturated carbocycles. The number of likely N-dealkylation sites (tertiary alicyclic amines) is 1. The monoisotopic (exact) mass is 335 g/mol. The first kappa shape index (κ1) is 13.3. The Morgan fingerprint density at radius 1 is 1.20 bits per heavy atom. The maximum atomic E-state index is 5.51. The highest BCUT2D eigenvalue weighted by molar-refractivity contribution is 9.10. The van der Waals surface area contributed by atoms with Gasteiger partial charge in [0.25, 0.3) is 0 Å². The average molecular weight is 336 g/mol. The first-order valence-corrected chi connectivity index (χ1v) is 8.67. The van der Waals surface area contributed by atoms with Crippen molar-refractivity contribution in [2.45, 2.75) is 43.6 Å². The predicted octanol–water partition coefficient (Wildman–Crippen LogP) is 3.52.